The molecule has 0 unspecified atom stereocenters. The van der Waals surface area contributed by atoms with Crippen molar-refractivity contribution in [3.05, 3.63) is 18.2 Å². The molecule has 0 amide bonds. The number of piperidine rings is 1. The van der Waals surface area contributed by atoms with Gasteiger partial charge in [-0.15, -0.1) is 0 Å². The molecule has 0 radical (unpaired) electrons. The molecule has 2 heterocycles. The van der Waals surface area contributed by atoms with E-state index in [1.54, 1.807) is 0 Å². The second-order valence-corrected chi connectivity index (χ2v) is 7.20. The largest absolute Gasteiger partial charge is 0.331 e. The number of imidazole rings is 1. The first-order chi connectivity index (χ1) is 9.38. The van der Waals surface area contributed by atoms with Crippen molar-refractivity contribution in [3.63, 3.8) is 0 Å². The lowest BCUT2D eigenvalue weighted by molar-refractivity contribution is 0.0958. The molecular weight excluding hydrogens is 248 g/mol. The Hall–Kier alpha value is -0.870. The Labute approximate surface area is 123 Å². The van der Waals surface area contributed by atoms with Gasteiger partial charge in [-0.1, -0.05) is 0 Å². The molecule has 114 valence electrons. The maximum atomic E-state index is 4.27. The van der Waals surface area contributed by atoms with Crippen LogP contribution in [0.1, 0.15) is 59.2 Å². The summed E-state index contributed by atoms with van der Waals surface area (Å²) in [6.07, 6.45) is 6.40. The average Bonchev–Trinajstić information content (AvgIpc) is 2.84. The van der Waals surface area contributed by atoms with Gasteiger partial charge in [0.2, 0.25) is 0 Å². The molecule has 4 nitrogen and oxygen atoms in total. The van der Waals surface area contributed by atoms with E-state index in [0.717, 1.165) is 6.54 Å². The molecule has 2 rings (SSSR count). The van der Waals surface area contributed by atoms with Gasteiger partial charge in [-0.3, -0.25) is 4.90 Å². The Morgan fingerprint density at radius 1 is 1.30 bits per heavy atom. The number of aromatic nitrogens is 2. The summed E-state index contributed by atoms with van der Waals surface area (Å²) < 4.78 is 2.25. The second kappa shape index (κ2) is 6.27. The molecule has 0 bridgehead atoms. The lowest BCUT2D eigenvalue weighted by Gasteiger charge is -2.41. The molecule has 20 heavy (non-hydrogen) atoms. The number of nitrogens with one attached hydrogen (secondary N) is 1. The van der Waals surface area contributed by atoms with Crippen molar-refractivity contribution in [2.45, 2.75) is 71.6 Å². The van der Waals surface area contributed by atoms with E-state index >= 15 is 0 Å². The van der Waals surface area contributed by atoms with Crippen molar-refractivity contribution in [2.75, 3.05) is 13.1 Å². The molecule has 0 spiro atoms. The highest BCUT2D eigenvalue weighted by Gasteiger charge is 2.26. The molecule has 0 aliphatic carbocycles. The summed E-state index contributed by atoms with van der Waals surface area (Å²) in [5, 5.41) is 3.70. The van der Waals surface area contributed by atoms with Gasteiger partial charge in [0.1, 0.15) is 0 Å². The van der Waals surface area contributed by atoms with Crippen LogP contribution in [0.4, 0.5) is 0 Å². The molecule has 0 saturated carbocycles. The molecule has 4 heteroatoms. The Bertz CT molecular complexity index is 408. The van der Waals surface area contributed by atoms with Gasteiger partial charge >= 0.3 is 0 Å². The number of hydrogen-bond donors (Lipinski definition) is 1. The first-order valence-electron chi connectivity index (χ1n) is 7.87. The topological polar surface area (TPSA) is 33.1 Å². The monoisotopic (exact) mass is 278 g/mol. The van der Waals surface area contributed by atoms with Gasteiger partial charge in [-0.05, 0) is 47.5 Å². The first kappa shape index (κ1) is 15.5. The second-order valence-electron chi connectivity index (χ2n) is 7.20. The fraction of sp³-hybridized carbons (Fsp3) is 0.812. The van der Waals surface area contributed by atoms with Crippen LogP contribution in [-0.4, -0.2) is 39.1 Å². The predicted octanol–water partition coefficient (Wildman–Crippen LogP) is 2.82. The van der Waals surface area contributed by atoms with Crippen LogP contribution in [0.2, 0.25) is 0 Å². The van der Waals surface area contributed by atoms with E-state index in [1.807, 2.05) is 12.5 Å². The van der Waals surface area contributed by atoms with Crippen molar-refractivity contribution in [2.24, 2.45) is 0 Å². The average molecular weight is 278 g/mol. The predicted molar refractivity (Wildman–Crippen MR) is 83.8 cm³/mol. The normalized spacial score (nSPS) is 18.9. The zero-order valence-corrected chi connectivity index (χ0v) is 13.7. The van der Waals surface area contributed by atoms with E-state index in [4.69, 9.17) is 0 Å². The van der Waals surface area contributed by atoms with Crippen LogP contribution in [0.5, 0.6) is 0 Å². The van der Waals surface area contributed by atoms with Crippen molar-refractivity contribution in [1.29, 1.82) is 0 Å². The van der Waals surface area contributed by atoms with Crippen LogP contribution in [0, 0.1) is 0 Å². The van der Waals surface area contributed by atoms with Crippen molar-refractivity contribution in [3.8, 4) is 0 Å². The SMILES string of the molecule is CC(C)n1cncc1CNC1CCN(C(C)(C)C)CC1. The van der Waals surface area contributed by atoms with Crippen molar-refractivity contribution in [1.82, 2.24) is 19.8 Å². The molecule has 1 fully saturated rings. The minimum absolute atomic E-state index is 0.307. The van der Waals surface area contributed by atoms with Gasteiger partial charge in [-0.2, -0.15) is 0 Å². The van der Waals surface area contributed by atoms with Crippen LogP contribution in [0.25, 0.3) is 0 Å². The zero-order valence-electron chi connectivity index (χ0n) is 13.7. The summed E-state index contributed by atoms with van der Waals surface area (Å²) in [6.45, 7) is 14.7. The minimum Gasteiger partial charge on any atom is -0.331 e. The number of likely N-dealkylation sites (tertiary alicyclic amines) is 1. The molecule has 0 atom stereocenters. The van der Waals surface area contributed by atoms with E-state index in [1.165, 1.54) is 31.6 Å². The standard InChI is InChI=1S/C16H30N4/c1-13(2)20-12-17-10-15(20)11-18-14-6-8-19(9-7-14)16(3,4)5/h10,12-14,18H,6-9,11H2,1-5H3. The quantitative estimate of drug-likeness (QED) is 0.919. The third-order valence-electron chi connectivity index (χ3n) is 4.32. The van der Waals surface area contributed by atoms with Gasteiger partial charge in [0, 0.05) is 43.5 Å². The highest BCUT2D eigenvalue weighted by atomic mass is 15.2. The van der Waals surface area contributed by atoms with Crippen LogP contribution in [0.3, 0.4) is 0 Å². The lowest BCUT2D eigenvalue weighted by Crippen LogP contribution is -2.49. The maximum Gasteiger partial charge on any atom is 0.0951 e. The van der Waals surface area contributed by atoms with Gasteiger partial charge in [-0.25, -0.2) is 4.98 Å². The number of nitrogens with zero attached hydrogens (tertiary/aromatic N) is 3. The zero-order chi connectivity index (χ0) is 14.8. The smallest absolute Gasteiger partial charge is 0.0951 e. The van der Waals surface area contributed by atoms with Gasteiger partial charge in [0.15, 0.2) is 0 Å². The van der Waals surface area contributed by atoms with Gasteiger partial charge in [0.25, 0.3) is 0 Å². The Morgan fingerprint density at radius 2 is 1.95 bits per heavy atom. The fourth-order valence-corrected chi connectivity index (χ4v) is 2.94. The summed E-state index contributed by atoms with van der Waals surface area (Å²) in [6, 6.07) is 1.13. The summed E-state index contributed by atoms with van der Waals surface area (Å²) in [5.41, 5.74) is 1.60. The lowest BCUT2D eigenvalue weighted by atomic mass is 9.98. The molecule has 0 aromatic carbocycles. The third-order valence-corrected chi connectivity index (χ3v) is 4.32. The Morgan fingerprint density at radius 3 is 2.50 bits per heavy atom. The first-order valence-corrected chi connectivity index (χ1v) is 7.87. The number of hydrogen-bond acceptors (Lipinski definition) is 3. The van der Waals surface area contributed by atoms with Crippen LogP contribution >= 0.6 is 0 Å². The molecule has 1 aliphatic rings. The minimum atomic E-state index is 0.307. The molecule has 1 aliphatic heterocycles. The summed E-state index contributed by atoms with van der Waals surface area (Å²) in [7, 11) is 0. The van der Waals surface area contributed by atoms with Crippen LogP contribution < -0.4 is 5.32 Å². The summed E-state index contributed by atoms with van der Waals surface area (Å²) in [5.74, 6) is 0. The molecule has 1 aromatic heterocycles. The van der Waals surface area contributed by atoms with Gasteiger partial charge < -0.3 is 9.88 Å². The van der Waals surface area contributed by atoms with Crippen molar-refractivity contribution >= 4 is 0 Å². The molecule has 1 saturated heterocycles. The molecule has 1 aromatic rings. The fourth-order valence-electron chi connectivity index (χ4n) is 2.94. The Balaban J connectivity index is 1.80. The van der Waals surface area contributed by atoms with Crippen LogP contribution in [-0.2, 0) is 6.54 Å². The summed E-state index contributed by atoms with van der Waals surface area (Å²) >= 11 is 0. The molecular formula is C16H30N4. The number of rotatable bonds is 4. The van der Waals surface area contributed by atoms with E-state index < -0.39 is 0 Å². The van der Waals surface area contributed by atoms with Gasteiger partial charge in [0.05, 0.1) is 12.0 Å². The Kier molecular flexibility index (Phi) is 4.86. The van der Waals surface area contributed by atoms with E-state index in [0.29, 0.717) is 17.6 Å². The van der Waals surface area contributed by atoms with Crippen molar-refractivity contribution < 1.29 is 0 Å². The maximum absolute atomic E-state index is 4.27. The summed E-state index contributed by atoms with van der Waals surface area (Å²) in [4.78, 5) is 6.85. The van der Waals surface area contributed by atoms with E-state index in [-0.39, 0.29) is 0 Å². The highest BCUT2D eigenvalue weighted by Crippen LogP contribution is 2.20. The third kappa shape index (κ3) is 3.83. The van der Waals surface area contributed by atoms with Crippen LogP contribution in [0.15, 0.2) is 12.5 Å². The highest BCUT2D eigenvalue weighted by molar-refractivity contribution is 5.00. The van der Waals surface area contributed by atoms with E-state index in [2.05, 4.69) is 54.4 Å². The van der Waals surface area contributed by atoms with E-state index in [9.17, 15) is 0 Å². The molecule has 1 N–H and O–H groups in total.